The lowest BCUT2D eigenvalue weighted by Crippen LogP contribution is -2.42. The molecular weight excluding hydrogens is 314 g/mol. The average Bonchev–Trinajstić information content (AvgIpc) is 2.49. The first-order valence-corrected chi connectivity index (χ1v) is 7.75. The molecule has 3 rings (SSSR count). The normalized spacial score (nSPS) is 16.4. The SMILES string of the molecule is CC1CN(CC(=O)Nc2ccc(Cl)cc2)c2ccc(N)cc2O1. The van der Waals surface area contributed by atoms with Gasteiger partial charge in [0.1, 0.15) is 11.9 Å². The molecule has 120 valence electrons. The van der Waals surface area contributed by atoms with E-state index in [9.17, 15) is 4.79 Å². The molecule has 1 aliphatic rings. The van der Waals surface area contributed by atoms with Gasteiger partial charge in [0.2, 0.25) is 5.91 Å². The zero-order valence-electron chi connectivity index (χ0n) is 12.8. The van der Waals surface area contributed by atoms with Crippen molar-refractivity contribution in [3.8, 4) is 5.75 Å². The van der Waals surface area contributed by atoms with Crippen LogP contribution in [0.3, 0.4) is 0 Å². The topological polar surface area (TPSA) is 67.6 Å². The standard InChI is InChI=1S/C17H18ClN3O2/c1-11-9-21(15-7-4-13(19)8-16(15)23-11)10-17(22)20-14-5-2-12(18)3-6-14/h2-8,11H,9-10,19H2,1H3,(H,20,22). The highest BCUT2D eigenvalue weighted by Crippen LogP contribution is 2.34. The number of hydrogen-bond donors (Lipinski definition) is 2. The van der Waals surface area contributed by atoms with E-state index in [0.717, 1.165) is 11.4 Å². The van der Waals surface area contributed by atoms with Gasteiger partial charge in [0.05, 0.1) is 18.8 Å². The molecule has 3 N–H and O–H groups in total. The maximum Gasteiger partial charge on any atom is 0.243 e. The lowest BCUT2D eigenvalue weighted by atomic mass is 10.2. The number of fused-ring (bicyclic) bond motifs is 1. The van der Waals surface area contributed by atoms with E-state index >= 15 is 0 Å². The zero-order valence-corrected chi connectivity index (χ0v) is 13.5. The highest BCUT2D eigenvalue weighted by atomic mass is 35.5. The Kier molecular flexibility index (Phi) is 4.30. The molecule has 0 aliphatic carbocycles. The number of carbonyl (C=O) groups excluding carboxylic acids is 1. The monoisotopic (exact) mass is 331 g/mol. The van der Waals surface area contributed by atoms with Crippen molar-refractivity contribution < 1.29 is 9.53 Å². The van der Waals surface area contributed by atoms with Crippen LogP contribution in [0.1, 0.15) is 6.92 Å². The summed E-state index contributed by atoms with van der Waals surface area (Å²) >= 11 is 5.84. The molecule has 0 bridgehead atoms. The summed E-state index contributed by atoms with van der Waals surface area (Å²) in [6, 6.07) is 12.5. The molecular formula is C17H18ClN3O2. The molecule has 6 heteroatoms. The Morgan fingerprint density at radius 2 is 2.09 bits per heavy atom. The molecule has 1 atom stereocenters. The van der Waals surface area contributed by atoms with Crippen LogP contribution in [-0.4, -0.2) is 25.1 Å². The minimum atomic E-state index is -0.0933. The molecule has 1 aliphatic heterocycles. The van der Waals surface area contributed by atoms with Crippen molar-refractivity contribution in [3.63, 3.8) is 0 Å². The number of carbonyl (C=O) groups is 1. The van der Waals surface area contributed by atoms with Gasteiger partial charge in [0, 0.05) is 22.5 Å². The van der Waals surface area contributed by atoms with Crippen LogP contribution in [0.2, 0.25) is 5.02 Å². The fourth-order valence-electron chi connectivity index (χ4n) is 2.61. The van der Waals surface area contributed by atoms with Gasteiger partial charge < -0.3 is 20.7 Å². The molecule has 5 nitrogen and oxygen atoms in total. The Balaban J connectivity index is 1.72. The number of anilines is 3. The molecule has 0 radical (unpaired) electrons. The van der Waals surface area contributed by atoms with Crippen LogP contribution in [0.4, 0.5) is 17.1 Å². The van der Waals surface area contributed by atoms with Crippen LogP contribution < -0.4 is 20.7 Å². The van der Waals surface area contributed by atoms with Crippen molar-refractivity contribution in [3.05, 3.63) is 47.5 Å². The van der Waals surface area contributed by atoms with Gasteiger partial charge in [-0.05, 0) is 43.3 Å². The summed E-state index contributed by atoms with van der Waals surface area (Å²) in [6.45, 7) is 2.86. The van der Waals surface area contributed by atoms with E-state index in [-0.39, 0.29) is 18.6 Å². The third-order valence-corrected chi connectivity index (χ3v) is 3.84. The molecule has 0 aromatic heterocycles. The molecule has 0 spiro atoms. The lowest BCUT2D eigenvalue weighted by Gasteiger charge is -2.34. The largest absolute Gasteiger partial charge is 0.487 e. The van der Waals surface area contributed by atoms with E-state index in [0.29, 0.717) is 23.0 Å². The van der Waals surface area contributed by atoms with Crippen molar-refractivity contribution in [1.29, 1.82) is 0 Å². The minimum Gasteiger partial charge on any atom is -0.487 e. The van der Waals surface area contributed by atoms with Crippen molar-refractivity contribution in [2.24, 2.45) is 0 Å². The van der Waals surface area contributed by atoms with Gasteiger partial charge in [-0.2, -0.15) is 0 Å². The number of rotatable bonds is 3. The molecule has 2 aromatic carbocycles. The number of amides is 1. The summed E-state index contributed by atoms with van der Waals surface area (Å²) in [5.41, 5.74) is 8.04. The molecule has 1 amide bonds. The van der Waals surface area contributed by atoms with E-state index in [2.05, 4.69) is 5.32 Å². The highest BCUT2D eigenvalue weighted by molar-refractivity contribution is 6.30. The first kappa shape index (κ1) is 15.5. The summed E-state index contributed by atoms with van der Waals surface area (Å²) in [6.07, 6.45) is -0.00682. The second-order valence-corrected chi connectivity index (χ2v) is 6.03. The van der Waals surface area contributed by atoms with Crippen molar-refractivity contribution in [1.82, 2.24) is 0 Å². The van der Waals surface area contributed by atoms with E-state index in [1.54, 1.807) is 30.3 Å². The number of ether oxygens (including phenoxy) is 1. The van der Waals surface area contributed by atoms with Gasteiger partial charge in [0.25, 0.3) is 0 Å². The minimum absolute atomic E-state index is 0.00682. The quantitative estimate of drug-likeness (QED) is 0.848. The van der Waals surface area contributed by atoms with Crippen molar-refractivity contribution in [2.75, 3.05) is 29.0 Å². The number of hydrogen-bond acceptors (Lipinski definition) is 4. The van der Waals surface area contributed by atoms with Crippen LogP contribution in [0.5, 0.6) is 5.75 Å². The van der Waals surface area contributed by atoms with Gasteiger partial charge in [-0.3, -0.25) is 4.79 Å². The third-order valence-electron chi connectivity index (χ3n) is 3.59. The molecule has 2 aromatic rings. The molecule has 23 heavy (non-hydrogen) atoms. The number of nitrogens with two attached hydrogens (primary N) is 1. The Bertz CT molecular complexity index is 718. The maximum absolute atomic E-state index is 12.3. The second kappa shape index (κ2) is 6.38. The lowest BCUT2D eigenvalue weighted by molar-refractivity contribution is -0.115. The van der Waals surface area contributed by atoms with E-state index in [1.165, 1.54) is 0 Å². The van der Waals surface area contributed by atoms with Crippen LogP contribution >= 0.6 is 11.6 Å². The smallest absolute Gasteiger partial charge is 0.243 e. The van der Waals surface area contributed by atoms with Crippen molar-refractivity contribution >= 4 is 34.6 Å². The molecule has 0 saturated heterocycles. The maximum atomic E-state index is 12.3. The summed E-state index contributed by atoms with van der Waals surface area (Å²) in [5.74, 6) is 0.618. The first-order chi connectivity index (χ1) is 11.0. The number of nitrogens with one attached hydrogen (secondary N) is 1. The summed E-state index contributed by atoms with van der Waals surface area (Å²) in [4.78, 5) is 14.3. The number of halogens is 1. The average molecular weight is 332 g/mol. The van der Waals surface area contributed by atoms with E-state index in [1.807, 2.05) is 24.0 Å². The van der Waals surface area contributed by atoms with Crippen LogP contribution in [0.15, 0.2) is 42.5 Å². The first-order valence-electron chi connectivity index (χ1n) is 7.38. The number of nitrogen functional groups attached to an aromatic ring is 1. The van der Waals surface area contributed by atoms with Crippen molar-refractivity contribution in [2.45, 2.75) is 13.0 Å². The van der Waals surface area contributed by atoms with Gasteiger partial charge in [0.15, 0.2) is 0 Å². The van der Waals surface area contributed by atoms with Crippen LogP contribution in [0, 0.1) is 0 Å². The predicted molar refractivity (Wildman–Crippen MR) is 93.2 cm³/mol. The van der Waals surface area contributed by atoms with Crippen LogP contribution in [0.25, 0.3) is 0 Å². The highest BCUT2D eigenvalue weighted by Gasteiger charge is 2.24. The van der Waals surface area contributed by atoms with Gasteiger partial charge in [-0.25, -0.2) is 0 Å². The predicted octanol–water partition coefficient (Wildman–Crippen LogP) is 3.15. The Morgan fingerprint density at radius 1 is 1.35 bits per heavy atom. The third kappa shape index (κ3) is 3.68. The molecule has 1 heterocycles. The summed E-state index contributed by atoms with van der Waals surface area (Å²) in [7, 11) is 0. The summed E-state index contributed by atoms with van der Waals surface area (Å²) in [5, 5.41) is 3.50. The molecule has 0 saturated carbocycles. The van der Waals surface area contributed by atoms with E-state index < -0.39 is 0 Å². The van der Waals surface area contributed by atoms with E-state index in [4.69, 9.17) is 22.1 Å². The Labute approximate surface area is 140 Å². The zero-order chi connectivity index (χ0) is 16.4. The van der Waals surface area contributed by atoms with Gasteiger partial charge in [-0.1, -0.05) is 11.6 Å². The second-order valence-electron chi connectivity index (χ2n) is 5.59. The Hall–Kier alpha value is -2.40. The fourth-order valence-corrected chi connectivity index (χ4v) is 2.73. The summed E-state index contributed by atoms with van der Waals surface area (Å²) < 4.78 is 5.79. The van der Waals surface area contributed by atoms with Gasteiger partial charge in [-0.15, -0.1) is 0 Å². The molecule has 1 unspecified atom stereocenters. The van der Waals surface area contributed by atoms with Crippen LogP contribution in [-0.2, 0) is 4.79 Å². The Morgan fingerprint density at radius 3 is 2.83 bits per heavy atom. The fraction of sp³-hybridized carbons (Fsp3) is 0.235. The molecule has 0 fully saturated rings. The number of benzene rings is 2. The number of nitrogens with zero attached hydrogens (tertiary/aromatic N) is 1. The van der Waals surface area contributed by atoms with Gasteiger partial charge >= 0.3 is 0 Å².